The van der Waals surface area contributed by atoms with Crippen LogP contribution < -0.4 is 0 Å². The molecule has 1 aromatic rings. The van der Waals surface area contributed by atoms with Crippen LogP contribution in [0.15, 0.2) is 0 Å². The van der Waals surface area contributed by atoms with Gasteiger partial charge in [0.1, 0.15) is 5.01 Å². The number of hydrogen-bond donors (Lipinski definition) is 0. The van der Waals surface area contributed by atoms with E-state index in [2.05, 4.69) is 4.98 Å². The maximum atomic E-state index is 10.7. The molecule has 1 atom stereocenters. The van der Waals surface area contributed by atoms with Crippen molar-refractivity contribution < 1.29 is 9.53 Å². The first-order valence-corrected chi connectivity index (χ1v) is 4.93. The number of ether oxygens (including phenoxy) is 1. The van der Waals surface area contributed by atoms with Crippen molar-refractivity contribution in [2.75, 3.05) is 0 Å². The van der Waals surface area contributed by atoms with Gasteiger partial charge in [-0.05, 0) is 20.8 Å². The summed E-state index contributed by atoms with van der Waals surface area (Å²) in [5, 5.41) is 0.866. The predicted molar refractivity (Wildman–Crippen MR) is 51.8 cm³/mol. The van der Waals surface area contributed by atoms with Gasteiger partial charge < -0.3 is 4.74 Å². The van der Waals surface area contributed by atoms with Crippen molar-refractivity contribution in [3.63, 3.8) is 0 Å². The summed E-state index contributed by atoms with van der Waals surface area (Å²) in [7, 11) is 0. The van der Waals surface area contributed by atoms with E-state index in [4.69, 9.17) is 4.74 Å². The number of carbonyl (C=O) groups is 1. The fraction of sp³-hybridized carbons (Fsp3) is 0.556. The summed E-state index contributed by atoms with van der Waals surface area (Å²) in [4.78, 5) is 16.2. The molecular weight excluding hydrogens is 186 g/mol. The second-order valence-electron chi connectivity index (χ2n) is 2.95. The van der Waals surface area contributed by atoms with Crippen LogP contribution in [0.1, 0.15) is 35.5 Å². The van der Waals surface area contributed by atoms with Crippen molar-refractivity contribution in [2.24, 2.45) is 0 Å². The Bertz CT molecular complexity index is 300. The van der Waals surface area contributed by atoms with Gasteiger partial charge in [-0.25, -0.2) is 4.98 Å². The highest BCUT2D eigenvalue weighted by atomic mass is 32.1. The van der Waals surface area contributed by atoms with Crippen LogP contribution in [-0.2, 0) is 9.53 Å². The molecule has 0 aliphatic carbocycles. The molecule has 4 heteroatoms. The number of carbonyl (C=O) groups excluding carboxylic acids is 1. The third-order valence-corrected chi connectivity index (χ3v) is 2.97. The van der Waals surface area contributed by atoms with Gasteiger partial charge in [0.05, 0.1) is 5.69 Å². The predicted octanol–water partition coefficient (Wildman–Crippen LogP) is 2.38. The average Bonchev–Trinajstić information content (AvgIpc) is 2.31. The lowest BCUT2D eigenvalue weighted by Gasteiger charge is -2.07. The Morgan fingerprint density at radius 2 is 2.15 bits per heavy atom. The molecule has 0 fully saturated rings. The van der Waals surface area contributed by atoms with E-state index in [1.165, 1.54) is 11.8 Å². The maximum absolute atomic E-state index is 10.7. The molecule has 0 radical (unpaired) electrons. The normalized spacial score (nSPS) is 12.6. The Balaban J connectivity index is 2.77. The first-order chi connectivity index (χ1) is 6.00. The van der Waals surface area contributed by atoms with Crippen LogP contribution in [0.2, 0.25) is 0 Å². The van der Waals surface area contributed by atoms with Gasteiger partial charge in [-0.15, -0.1) is 11.3 Å². The van der Waals surface area contributed by atoms with E-state index in [0.29, 0.717) is 0 Å². The quantitative estimate of drug-likeness (QED) is 0.686. The van der Waals surface area contributed by atoms with Crippen LogP contribution in [0.25, 0.3) is 0 Å². The molecule has 0 aromatic carbocycles. The molecule has 0 aliphatic heterocycles. The van der Waals surface area contributed by atoms with Crippen LogP contribution >= 0.6 is 11.3 Å². The van der Waals surface area contributed by atoms with Gasteiger partial charge >= 0.3 is 5.97 Å². The van der Waals surface area contributed by atoms with Crippen LogP contribution in [0.4, 0.5) is 0 Å². The molecule has 0 saturated carbocycles. The topological polar surface area (TPSA) is 39.2 Å². The van der Waals surface area contributed by atoms with Crippen LogP contribution in [-0.4, -0.2) is 11.0 Å². The molecule has 1 heterocycles. The lowest BCUT2D eigenvalue weighted by atomic mass is 10.4. The minimum atomic E-state index is -0.266. The number of esters is 1. The monoisotopic (exact) mass is 199 g/mol. The molecule has 1 unspecified atom stereocenters. The highest BCUT2D eigenvalue weighted by molar-refractivity contribution is 7.11. The van der Waals surface area contributed by atoms with Crippen molar-refractivity contribution >= 4 is 17.3 Å². The molecule has 0 spiro atoms. The first kappa shape index (κ1) is 10.2. The minimum absolute atomic E-state index is 0.227. The SMILES string of the molecule is CC(=O)OC(C)c1nc(C)c(C)s1. The van der Waals surface area contributed by atoms with E-state index < -0.39 is 0 Å². The number of nitrogens with zero attached hydrogens (tertiary/aromatic N) is 1. The molecule has 1 aromatic heterocycles. The Hall–Kier alpha value is -0.900. The van der Waals surface area contributed by atoms with E-state index in [-0.39, 0.29) is 12.1 Å². The van der Waals surface area contributed by atoms with Gasteiger partial charge in [-0.1, -0.05) is 0 Å². The van der Waals surface area contributed by atoms with Crippen LogP contribution in [0.5, 0.6) is 0 Å². The van der Waals surface area contributed by atoms with Gasteiger partial charge in [0.2, 0.25) is 0 Å². The van der Waals surface area contributed by atoms with Crippen molar-refractivity contribution in [1.29, 1.82) is 0 Å². The zero-order valence-corrected chi connectivity index (χ0v) is 9.07. The smallest absolute Gasteiger partial charge is 0.303 e. The average molecular weight is 199 g/mol. The van der Waals surface area contributed by atoms with Gasteiger partial charge in [0.15, 0.2) is 6.10 Å². The lowest BCUT2D eigenvalue weighted by Crippen LogP contribution is -2.04. The number of thiazole rings is 1. The third kappa shape index (κ3) is 2.52. The van der Waals surface area contributed by atoms with E-state index in [0.717, 1.165) is 10.7 Å². The standard InChI is InChI=1S/C9H13NO2S/c1-5-7(3)13-9(10-5)6(2)12-8(4)11/h6H,1-4H3. The molecule has 0 N–H and O–H groups in total. The third-order valence-electron chi connectivity index (χ3n) is 1.74. The van der Waals surface area contributed by atoms with Gasteiger partial charge in [0.25, 0.3) is 0 Å². The Kier molecular flexibility index (Phi) is 3.03. The molecule has 13 heavy (non-hydrogen) atoms. The molecule has 0 aliphatic rings. The van der Waals surface area contributed by atoms with Crippen molar-refractivity contribution in [2.45, 2.75) is 33.8 Å². The van der Waals surface area contributed by atoms with Crippen LogP contribution in [0.3, 0.4) is 0 Å². The summed E-state index contributed by atoms with van der Waals surface area (Å²) in [5.74, 6) is -0.266. The van der Waals surface area contributed by atoms with Crippen molar-refractivity contribution in [3.8, 4) is 0 Å². The van der Waals surface area contributed by atoms with Gasteiger partial charge in [-0.3, -0.25) is 4.79 Å². The first-order valence-electron chi connectivity index (χ1n) is 4.12. The lowest BCUT2D eigenvalue weighted by molar-refractivity contribution is -0.145. The minimum Gasteiger partial charge on any atom is -0.455 e. The van der Waals surface area contributed by atoms with E-state index >= 15 is 0 Å². The maximum Gasteiger partial charge on any atom is 0.303 e. The number of hydrogen-bond acceptors (Lipinski definition) is 4. The van der Waals surface area contributed by atoms with E-state index in [9.17, 15) is 4.79 Å². The zero-order valence-electron chi connectivity index (χ0n) is 8.25. The van der Waals surface area contributed by atoms with Crippen molar-refractivity contribution in [3.05, 3.63) is 15.6 Å². The summed E-state index contributed by atoms with van der Waals surface area (Å²) in [5.41, 5.74) is 1.01. The highest BCUT2D eigenvalue weighted by Crippen LogP contribution is 2.24. The number of rotatable bonds is 2. The summed E-state index contributed by atoms with van der Waals surface area (Å²) in [6.45, 7) is 7.20. The molecule has 0 saturated heterocycles. The molecule has 72 valence electrons. The van der Waals surface area contributed by atoms with E-state index in [1.807, 2.05) is 20.8 Å². The fourth-order valence-corrected chi connectivity index (χ4v) is 1.87. The summed E-state index contributed by atoms with van der Waals surface area (Å²) < 4.78 is 5.01. The summed E-state index contributed by atoms with van der Waals surface area (Å²) in [6.07, 6.45) is -0.227. The second kappa shape index (κ2) is 3.87. The molecule has 0 bridgehead atoms. The van der Waals surface area contributed by atoms with Crippen molar-refractivity contribution in [1.82, 2.24) is 4.98 Å². The van der Waals surface area contributed by atoms with Gasteiger partial charge in [0, 0.05) is 11.8 Å². The molecular formula is C9H13NO2S. The highest BCUT2D eigenvalue weighted by Gasteiger charge is 2.13. The molecule has 3 nitrogen and oxygen atoms in total. The Morgan fingerprint density at radius 3 is 2.54 bits per heavy atom. The van der Waals surface area contributed by atoms with E-state index in [1.54, 1.807) is 11.3 Å². The molecule has 0 amide bonds. The second-order valence-corrected chi connectivity index (χ2v) is 4.18. The summed E-state index contributed by atoms with van der Waals surface area (Å²) >= 11 is 1.58. The summed E-state index contributed by atoms with van der Waals surface area (Å²) in [6, 6.07) is 0. The number of aryl methyl sites for hydroxylation is 2. The largest absolute Gasteiger partial charge is 0.455 e. The molecule has 1 rings (SSSR count). The Morgan fingerprint density at radius 1 is 1.54 bits per heavy atom. The Labute approximate surface area is 81.8 Å². The van der Waals surface area contributed by atoms with Crippen LogP contribution in [0, 0.1) is 13.8 Å². The zero-order chi connectivity index (χ0) is 10.0. The van der Waals surface area contributed by atoms with Gasteiger partial charge in [-0.2, -0.15) is 0 Å². The fourth-order valence-electron chi connectivity index (χ4n) is 0.971. The number of aromatic nitrogens is 1.